The molecule has 0 saturated heterocycles. The summed E-state index contributed by atoms with van der Waals surface area (Å²) in [5.74, 6) is -1.13. The number of rotatable bonds is 13. The van der Waals surface area contributed by atoms with Gasteiger partial charge in [-0.2, -0.15) is 5.48 Å². The minimum absolute atomic E-state index is 0.106. The second kappa shape index (κ2) is 12.2. The zero-order chi connectivity index (χ0) is 22.9. The van der Waals surface area contributed by atoms with Gasteiger partial charge in [0.2, 0.25) is 17.7 Å². The fourth-order valence-corrected chi connectivity index (χ4v) is 2.76. The first kappa shape index (κ1) is 26.3. The van der Waals surface area contributed by atoms with E-state index in [0.29, 0.717) is 6.54 Å². The zero-order valence-corrected chi connectivity index (χ0v) is 18.9. The summed E-state index contributed by atoms with van der Waals surface area (Å²) >= 11 is 0. The Bertz CT molecular complexity index is 576. The van der Waals surface area contributed by atoms with Crippen LogP contribution in [0.3, 0.4) is 0 Å². The Hall–Kier alpha value is -1.75. The Morgan fingerprint density at radius 3 is 2.40 bits per heavy atom. The van der Waals surface area contributed by atoms with Gasteiger partial charge in [-0.25, -0.2) is 0 Å². The van der Waals surface area contributed by atoms with Crippen LogP contribution in [0.25, 0.3) is 0 Å². The first-order chi connectivity index (χ1) is 14.0. The molecule has 10 heteroatoms. The van der Waals surface area contributed by atoms with E-state index in [0.717, 1.165) is 25.7 Å². The molecule has 174 valence electrons. The van der Waals surface area contributed by atoms with Crippen LogP contribution in [-0.2, 0) is 19.2 Å². The Labute approximate surface area is 179 Å². The number of nitrogens with two attached hydrogens (primary N) is 1. The fraction of sp³-hybridized carbons (Fsp3) is 0.850. The molecular formula is C20H39N5O5. The highest BCUT2D eigenvalue weighted by Gasteiger charge is 2.37. The molecule has 1 aliphatic carbocycles. The van der Waals surface area contributed by atoms with Gasteiger partial charge in [-0.1, -0.05) is 34.1 Å². The maximum atomic E-state index is 13.3. The molecule has 3 amide bonds. The summed E-state index contributed by atoms with van der Waals surface area (Å²) in [5, 5.41) is 15.3. The molecule has 6 N–H and O–H groups in total. The normalized spacial score (nSPS) is 17.0. The zero-order valence-electron chi connectivity index (χ0n) is 18.9. The predicted octanol–water partition coefficient (Wildman–Crippen LogP) is -0.389. The van der Waals surface area contributed by atoms with Gasteiger partial charge in [0.05, 0.1) is 13.1 Å². The van der Waals surface area contributed by atoms with Gasteiger partial charge in [-0.05, 0) is 31.6 Å². The molecule has 10 nitrogen and oxygen atoms in total. The lowest BCUT2D eigenvalue weighted by Gasteiger charge is -2.37. The first-order valence-electron chi connectivity index (χ1n) is 10.7. The van der Waals surface area contributed by atoms with Crippen LogP contribution >= 0.6 is 0 Å². The number of carbonyl (C=O) groups is 3. The van der Waals surface area contributed by atoms with Crippen LogP contribution in [-0.4, -0.2) is 71.8 Å². The molecule has 0 bridgehead atoms. The Morgan fingerprint density at radius 2 is 1.90 bits per heavy atom. The number of hydrogen-bond acceptors (Lipinski definition) is 7. The van der Waals surface area contributed by atoms with E-state index in [1.807, 2.05) is 27.7 Å². The number of aliphatic hydroxyl groups is 1. The van der Waals surface area contributed by atoms with Gasteiger partial charge in [-0.15, -0.1) is 0 Å². The van der Waals surface area contributed by atoms with Crippen molar-refractivity contribution >= 4 is 17.7 Å². The quantitative estimate of drug-likeness (QED) is 0.198. The highest BCUT2D eigenvalue weighted by Crippen LogP contribution is 2.22. The van der Waals surface area contributed by atoms with E-state index >= 15 is 0 Å². The molecule has 1 aliphatic rings. The third kappa shape index (κ3) is 8.95. The lowest BCUT2D eigenvalue weighted by Crippen LogP contribution is -2.58. The van der Waals surface area contributed by atoms with Crippen molar-refractivity contribution in [2.24, 2.45) is 11.1 Å². The summed E-state index contributed by atoms with van der Waals surface area (Å²) in [5.41, 5.74) is 7.46. The van der Waals surface area contributed by atoms with Gasteiger partial charge >= 0.3 is 0 Å². The third-order valence-electron chi connectivity index (χ3n) is 4.84. The lowest BCUT2D eigenvalue weighted by molar-refractivity contribution is -0.161. The molecule has 3 unspecified atom stereocenters. The largest absolute Gasteiger partial charge is 0.382 e. The van der Waals surface area contributed by atoms with Crippen molar-refractivity contribution < 1.29 is 24.3 Å². The molecule has 0 aliphatic heterocycles. The Balaban J connectivity index is 2.72. The molecule has 1 saturated carbocycles. The summed E-state index contributed by atoms with van der Waals surface area (Å²) in [6.45, 7) is 9.43. The summed E-state index contributed by atoms with van der Waals surface area (Å²) in [6, 6.07) is -0.612. The maximum Gasteiger partial charge on any atom is 0.250 e. The number of aliphatic hydroxyl groups excluding tert-OH is 1. The maximum absolute atomic E-state index is 13.3. The fourth-order valence-electron chi connectivity index (χ4n) is 2.76. The Morgan fingerprint density at radius 1 is 1.27 bits per heavy atom. The van der Waals surface area contributed by atoms with Crippen molar-refractivity contribution in [3.05, 3.63) is 0 Å². The van der Waals surface area contributed by atoms with E-state index in [9.17, 15) is 19.5 Å². The van der Waals surface area contributed by atoms with Crippen LogP contribution in [0, 0.1) is 5.41 Å². The van der Waals surface area contributed by atoms with E-state index < -0.39 is 35.6 Å². The van der Waals surface area contributed by atoms with Gasteiger partial charge in [0.1, 0.15) is 18.4 Å². The van der Waals surface area contributed by atoms with Gasteiger partial charge in [0, 0.05) is 12.6 Å². The molecule has 3 atom stereocenters. The number of unbranched alkanes of at least 4 members (excludes halogenated alkanes) is 1. The van der Waals surface area contributed by atoms with Gasteiger partial charge in [0.25, 0.3) is 0 Å². The minimum Gasteiger partial charge on any atom is -0.382 e. The van der Waals surface area contributed by atoms with Gasteiger partial charge in [0.15, 0.2) is 0 Å². The standard InChI is InChI=1S/C20H39N5O5/c1-6-7-10-25(19(29)17(20(3,4)5)24-16(27)11-21)13(2)30-22-12-15(26)18(28)23-14-8-9-14/h13-15,17,22,26H,6-12,21H2,1-5H3,(H,23,28)(H,24,27). The Kier molecular flexibility index (Phi) is 10.7. The van der Waals surface area contributed by atoms with Crippen LogP contribution in [0.15, 0.2) is 0 Å². The molecule has 0 aromatic carbocycles. The molecule has 0 spiro atoms. The van der Waals surface area contributed by atoms with Crippen molar-refractivity contribution in [1.29, 1.82) is 0 Å². The molecular weight excluding hydrogens is 390 g/mol. The van der Waals surface area contributed by atoms with E-state index in [2.05, 4.69) is 16.1 Å². The predicted molar refractivity (Wildman–Crippen MR) is 113 cm³/mol. The van der Waals surface area contributed by atoms with Crippen LogP contribution in [0.2, 0.25) is 0 Å². The van der Waals surface area contributed by atoms with Crippen molar-refractivity contribution in [1.82, 2.24) is 21.0 Å². The number of hydrogen-bond donors (Lipinski definition) is 5. The van der Waals surface area contributed by atoms with Crippen molar-refractivity contribution in [3.8, 4) is 0 Å². The van der Waals surface area contributed by atoms with Crippen molar-refractivity contribution in [3.63, 3.8) is 0 Å². The molecule has 1 fully saturated rings. The number of nitrogens with one attached hydrogen (secondary N) is 3. The minimum atomic E-state index is -1.25. The SMILES string of the molecule is CCCCN(C(=O)C(NC(=O)CN)C(C)(C)C)C(C)ONCC(O)C(=O)NC1CC1. The van der Waals surface area contributed by atoms with E-state index in [4.69, 9.17) is 10.6 Å². The number of hydroxylamine groups is 1. The molecule has 0 radical (unpaired) electrons. The highest BCUT2D eigenvalue weighted by atomic mass is 16.7. The van der Waals surface area contributed by atoms with E-state index in [1.165, 1.54) is 0 Å². The smallest absolute Gasteiger partial charge is 0.250 e. The summed E-state index contributed by atoms with van der Waals surface area (Å²) in [6.07, 6.45) is 1.58. The molecule has 1 rings (SSSR count). The second-order valence-corrected chi connectivity index (χ2v) is 8.82. The van der Waals surface area contributed by atoms with Crippen LogP contribution in [0.5, 0.6) is 0 Å². The number of nitrogens with zero attached hydrogens (tertiary/aromatic N) is 1. The van der Waals surface area contributed by atoms with Crippen molar-refractivity contribution in [2.75, 3.05) is 19.6 Å². The van der Waals surface area contributed by atoms with Crippen LogP contribution in [0.1, 0.15) is 60.3 Å². The van der Waals surface area contributed by atoms with Gasteiger partial charge < -0.3 is 26.4 Å². The summed E-state index contributed by atoms with van der Waals surface area (Å²) in [7, 11) is 0. The van der Waals surface area contributed by atoms with Gasteiger partial charge in [-0.3, -0.25) is 19.2 Å². The lowest BCUT2D eigenvalue weighted by atomic mass is 9.85. The molecule has 0 aromatic rings. The summed E-state index contributed by atoms with van der Waals surface area (Å²) in [4.78, 5) is 44.0. The number of amides is 3. The van der Waals surface area contributed by atoms with Crippen LogP contribution in [0.4, 0.5) is 0 Å². The van der Waals surface area contributed by atoms with E-state index in [-0.39, 0.29) is 25.0 Å². The second-order valence-electron chi connectivity index (χ2n) is 8.82. The van der Waals surface area contributed by atoms with E-state index in [1.54, 1.807) is 11.8 Å². The summed E-state index contributed by atoms with van der Waals surface area (Å²) < 4.78 is 0. The molecule has 0 aromatic heterocycles. The first-order valence-corrected chi connectivity index (χ1v) is 10.7. The number of carbonyl (C=O) groups excluding carboxylic acids is 3. The monoisotopic (exact) mass is 429 g/mol. The molecule has 30 heavy (non-hydrogen) atoms. The third-order valence-corrected chi connectivity index (χ3v) is 4.84. The topological polar surface area (TPSA) is 146 Å². The highest BCUT2D eigenvalue weighted by molar-refractivity contribution is 5.89. The molecule has 0 heterocycles. The van der Waals surface area contributed by atoms with Crippen molar-refractivity contribution in [2.45, 2.75) is 84.7 Å². The van der Waals surface area contributed by atoms with Crippen LogP contribution < -0.4 is 21.8 Å². The average Bonchev–Trinajstić information content (AvgIpc) is 3.48. The average molecular weight is 430 g/mol.